The Bertz CT molecular complexity index is 784. The van der Waals surface area contributed by atoms with Crippen LogP contribution in [0.15, 0.2) is 36.8 Å². The van der Waals surface area contributed by atoms with Gasteiger partial charge in [-0.1, -0.05) is 11.6 Å². The fourth-order valence-corrected chi connectivity index (χ4v) is 2.41. The average Bonchev–Trinajstić information content (AvgIpc) is 2.96. The van der Waals surface area contributed by atoms with Gasteiger partial charge < -0.3 is 10.1 Å². The summed E-state index contributed by atoms with van der Waals surface area (Å²) in [5.41, 5.74) is 8.77. The summed E-state index contributed by atoms with van der Waals surface area (Å²) in [5.74, 6) is -0.438. The van der Waals surface area contributed by atoms with Gasteiger partial charge in [-0.15, -0.1) is 0 Å². The van der Waals surface area contributed by atoms with Crippen molar-refractivity contribution in [3.8, 4) is 11.3 Å². The molecule has 3 rings (SSSR count). The van der Waals surface area contributed by atoms with Crippen LogP contribution >= 0.6 is 11.6 Å². The zero-order valence-corrected chi connectivity index (χ0v) is 12.0. The third-order valence-corrected chi connectivity index (χ3v) is 3.57. The first-order valence-electron chi connectivity index (χ1n) is 6.67. The molecule has 0 radical (unpaired) electrons. The summed E-state index contributed by atoms with van der Waals surface area (Å²) in [6.45, 7) is 0.598. The molecule has 0 unspecified atom stereocenters. The van der Waals surface area contributed by atoms with Crippen LogP contribution in [0.4, 0.5) is 4.39 Å². The second kappa shape index (κ2) is 5.79. The highest BCUT2D eigenvalue weighted by Gasteiger charge is 2.10. The van der Waals surface area contributed by atoms with Crippen molar-refractivity contribution in [2.24, 2.45) is 5.73 Å². The van der Waals surface area contributed by atoms with Gasteiger partial charge in [0.15, 0.2) is 5.65 Å². The number of rotatable bonds is 4. The fraction of sp³-hybridized carbons (Fsp3) is 0.200. The summed E-state index contributed by atoms with van der Waals surface area (Å²) >= 11 is 5.85. The van der Waals surface area contributed by atoms with Crippen molar-refractivity contribution in [3.05, 3.63) is 53.3 Å². The molecular weight excluding hydrogens is 291 g/mol. The maximum absolute atomic E-state index is 13.3. The zero-order chi connectivity index (χ0) is 14.8. The number of imidazole rings is 1. The first kappa shape index (κ1) is 14.0. The first-order valence-corrected chi connectivity index (χ1v) is 7.05. The zero-order valence-electron chi connectivity index (χ0n) is 11.3. The van der Waals surface area contributed by atoms with Gasteiger partial charge in [-0.3, -0.25) is 0 Å². The van der Waals surface area contributed by atoms with Crippen molar-refractivity contribution in [1.82, 2.24) is 14.4 Å². The lowest BCUT2D eigenvalue weighted by atomic mass is 10.1. The number of aryl methyl sites for hydroxylation is 1. The molecule has 0 amide bonds. The number of hydrogen-bond donors (Lipinski definition) is 1. The summed E-state index contributed by atoms with van der Waals surface area (Å²) in [5, 5.41) is 0.0866. The molecule has 6 heteroatoms. The highest BCUT2D eigenvalue weighted by atomic mass is 35.5. The Morgan fingerprint density at radius 3 is 2.95 bits per heavy atom. The first-order chi connectivity index (χ1) is 10.2. The van der Waals surface area contributed by atoms with Crippen LogP contribution in [0, 0.1) is 5.82 Å². The van der Waals surface area contributed by atoms with E-state index in [0.717, 1.165) is 35.4 Å². The Kier molecular flexibility index (Phi) is 3.86. The lowest BCUT2D eigenvalue weighted by Crippen LogP contribution is -2.04. The van der Waals surface area contributed by atoms with Gasteiger partial charge in [-0.05, 0) is 37.6 Å². The quantitative estimate of drug-likeness (QED) is 0.806. The summed E-state index contributed by atoms with van der Waals surface area (Å²) in [4.78, 5) is 8.94. The summed E-state index contributed by atoms with van der Waals surface area (Å²) < 4.78 is 15.2. The molecule has 0 aliphatic rings. The van der Waals surface area contributed by atoms with Crippen LogP contribution in [0.25, 0.3) is 16.9 Å². The Morgan fingerprint density at radius 1 is 1.33 bits per heavy atom. The number of nitrogens with zero attached hydrogens (tertiary/aromatic N) is 3. The molecule has 2 aromatic heterocycles. The maximum atomic E-state index is 13.3. The largest absolute Gasteiger partial charge is 0.330 e. The van der Waals surface area contributed by atoms with E-state index in [9.17, 15) is 4.39 Å². The monoisotopic (exact) mass is 304 g/mol. The lowest BCUT2D eigenvalue weighted by molar-refractivity contribution is 0.628. The van der Waals surface area contributed by atoms with Crippen molar-refractivity contribution in [1.29, 1.82) is 0 Å². The van der Waals surface area contributed by atoms with Gasteiger partial charge in [0.1, 0.15) is 5.82 Å². The number of fused-ring (bicyclic) bond motifs is 1. The third kappa shape index (κ3) is 2.75. The van der Waals surface area contributed by atoms with Gasteiger partial charge in [-0.25, -0.2) is 14.4 Å². The van der Waals surface area contributed by atoms with Crippen molar-refractivity contribution in [2.75, 3.05) is 6.54 Å². The van der Waals surface area contributed by atoms with E-state index in [4.69, 9.17) is 17.3 Å². The molecule has 4 nitrogen and oxygen atoms in total. The highest BCUT2D eigenvalue weighted by molar-refractivity contribution is 6.31. The number of hydrogen-bond acceptors (Lipinski definition) is 3. The molecule has 108 valence electrons. The second-order valence-corrected chi connectivity index (χ2v) is 5.16. The molecule has 3 aromatic rings. The molecule has 2 heterocycles. The molecule has 0 spiro atoms. The van der Waals surface area contributed by atoms with E-state index in [0.29, 0.717) is 6.54 Å². The Balaban J connectivity index is 2.11. The van der Waals surface area contributed by atoms with E-state index in [-0.39, 0.29) is 5.02 Å². The molecule has 2 N–H and O–H groups in total. The molecular formula is C15H14ClFN4. The smallest absolute Gasteiger partial charge is 0.158 e. The Labute approximate surface area is 126 Å². The van der Waals surface area contributed by atoms with Crippen molar-refractivity contribution in [3.63, 3.8) is 0 Å². The van der Waals surface area contributed by atoms with Gasteiger partial charge in [0.05, 0.1) is 16.4 Å². The number of benzene rings is 1. The van der Waals surface area contributed by atoms with E-state index in [2.05, 4.69) is 9.97 Å². The number of aromatic nitrogens is 3. The minimum atomic E-state index is -0.438. The third-order valence-electron chi connectivity index (χ3n) is 3.28. The van der Waals surface area contributed by atoms with E-state index in [1.807, 2.05) is 16.8 Å². The molecule has 0 aliphatic heterocycles. The topological polar surface area (TPSA) is 56.2 Å². The van der Waals surface area contributed by atoms with Crippen LogP contribution in [0.3, 0.4) is 0 Å². The molecule has 0 fully saturated rings. The van der Waals surface area contributed by atoms with Crippen LogP contribution in [0.2, 0.25) is 5.02 Å². The van der Waals surface area contributed by atoms with Crippen molar-refractivity contribution >= 4 is 17.2 Å². The SMILES string of the molecule is NCCCc1nc(-c2ccc(F)c(Cl)c2)cn2ccnc12. The summed E-state index contributed by atoms with van der Waals surface area (Å²) in [6, 6.07) is 4.59. The van der Waals surface area contributed by atoms with Crippen molar-refractivity contribution < 1.29 is 4.39 Å². The second-order valence-electron chi connectivity index (χ2n) is 4.75. The Hall–Kier alpha value is -1.98. The van der Waals surface area contributed by atoms with Gasteiger partial charge in [0.25, 0.3) is 0 Å². The molecule has 0 aliphatic carbocycles. The van der Waals surface area contributed by atoms with E-state index in [1.54, 1.807) is 18.3 Å². The minimum absolute atomic E-state index is 0.0866. The van der Waals surface area contributed by atoms with E-state index in [1.165, 1.54) is 6.07 Å². The normalized spacial score (nSPS) is 11.2. The van der Waals surface area contributed by atoms with Gasteiger partial charge in [-0.2, -0.15) is 0 Å². The summed E-state index contributed by atoms with van der Waals surface area (Å²) in [7, 11) is 0. The molecule has 1 aromatic carbocycles. The van der Waals surface area contributed by atoms with Crippen molar-refractivity contribution in [2.45, 2.75) is 12.8 Å². The van der Waals surface area contributed by atoms with Gasteiger partial charge >= 0.3 is 0 Å². The number of nitrogens with two attached hydrogens (primary N) is 1. The van der Waals surface area contributed by atoms with Gasteiger partial charge in [0, 0.05) is 24.2 Å². The van der Waals surface area contributed by atoms with Crippen LogP contribution in [-0.4, -0.2) is 20.9 Å². The maximum Gasteiger partial charge on any atom is 0.158 e. The summed E-state index contributed by atoms with van der Waals surface area (Å²) in [6.07, 6.45) is 7.03. The number of halogens is 2. The highest BCUT2D eigenvalue weighted by Crippen LogP contribution is 2.24. The molecule has 0 saturated carbocycles. The van der Waals surface area contributed by atoms with Crippen LogP contribution in [0.1, 0.15) is 12.1 Å². The Morgan fingerprint density at radius 2 is 2.19 bits per heavy atom. The van der Waals surface area contributed by atoms with Gasteiger partial charge in [0.2, 0.25) is 0 Å². The van der Waals surface area contributed by atoms with Crippen LogP contribution < -0.4 is 5.73 Å². The average molecular weight is 305 g/mol. The molecule has 21 heavy (non-hydrogen) atoms. The lowest BCUT2D eigenvalue weighted by Gasteiger charge is -2.08. The molecule has 0 atom stereocenters. The predicted octanol–water partition coefficient (Wildman–Crippen LogP) is 3.08. The molecule has 0 bridgehead atoms. The fourth-order valence-electron chi connectivity index (χ4n) is 2.23. The molecule has 0 saturated heterocycles. The predicted molar refractivity (Wildman–Crippen MR) is 80.8 cm³/mol. The van der Waals surface area contributed by atoms with Crippen LogP contribution in [-0.2, 0) is 6.42 Å². The standard InChI is InChI=1S/C15H14ClFN4/c16-11-8-10(3-4-12(11)17)14-9-21-7-6-19-15(21)13(20-14)2-1-5-18/h3-4,6-9H,1-2,5,18H2. The van der Waals surface area contributed by atoms with E-state index >= 15 is 0 Å². The minimum Gasteiger partial charge on any atom is -0.330 e. The van der Waals surface area contributed by atoms with E-state index < -0.39 is 5.82 Å². The van der Waals surface area contributed by atoms with Crippen LogP contribution in [0.5, 0.6) is 0 Å².